The zero-order valence-electron chi connectivity index (χ0n) is 13.2. The van der Waals surface area contributed by atoms with Gasteiger partial charge in [0.05, 0.1) is 0 Å². The molecule has 21 heavy (non-hydrogen) atoms. The van der Waals surface area contributed by atoms with E-state index < -0.39 is 11.9 Å². The lowest BCUT2D eigenvalue weighted by Gasteiger charge is -2.13. The van der Waals surface area contributed by atoms with Gasteiger partial charge in [-0.3, -0.25) is 14.4 Å². The molecule has 0 bridgehead atoms. The Hall–Kier alpha value is -1.65. The van der Waals surface area contributed by atoms with E-state index in [0.717, 1.165) is 31.8 Å². The van der Waals surface area contributed by atoms with Crippen molar-refractivity contribution in [2.24, 2.45) is 5.73 Å². The van der Waals surface area contributed by atoms with E-state index in [1.165, 1.54) is 12.5 Å². The largest absolute Gasteiger partial charge is 0.366 e. The third-order valence-corrected chi connectivity index (χ3v) is 3.12. The third kappa shape index (κ3) is 10.8. The van der Waals surface area contributed by atoms with Crippen LogP contribution in [0.25, 0.3) is 0 Å². The molecule has 0 saturated heterocycles. The van der Waals surface area contributed by atoms with Crippen LogP contribution in [-0.2, 0) is 14.4 Å². The SMILES string of the molecule is CCCCCCCC(=O)NC(/C=C/C(N)=O)C(=O)CCC. The van der Waals surface area contributed by atoms with Gasteiger partial charge in [0.25, 0.3) is 0 Å². The molecule has 3 N–H and O–H groups in total. The maximum Gasteiger partial charge on any atom is 0.241 e. The number of rotatable bonds is 12. The van der Waals surface area contributed by atoms with E-state index in [0.29, 0.717) is 19.3 Å². The molecule has 0 rings (SSSR count). The molecule has 0 aliphatic carbocycles. The van der Waals surface area contributed by atoms with Crippen LogP contribution in [0.4, 0.5) is 0 Å². The normalized spacial score (nSPS) is 12.3. The highest BCUT2D eigenvalue weighted by atomic mass is 16.2. The summed E-state index contributed by atoms with van der Waals surface area (Å²) in [5.74, 6) is -0.887. The molecule has 1 atom stereocenters. The van der Waals surface area contributed by atoms with Crippen LogP contribution >= 0.6 is 0 Å². The van der Waals surface area contributed by atoms with Crippen LogP contribution in [0.1, 0.15) is 65.2 Å². The molecule has 0 saturated carbocycles. The second kappa shape index (κ2) is 12.1. The summed E-state index contributed by atoms with van der Waals surface area (Å²) in [6.45, 7) is 4.03. The predicted octanol–water partition coefficient (Wildman–Crippen LogP) is 2.24. The summed E-state index contributed by atoms with van der Waals surface area (Å²) in [5.41, 5.74) is 5.02. The van der Waals surface area contributed by atoms with Crippen LogP contribution in [-0.4, -0.2) is 23.6 Å². The number of unbranched alkanes of at least 4 members (excludes halogenated alkanes) is 4. The van der Waals surface area contributed by atoms with Crippen molar-refractivity contribution in [3.63, 3.8) is 0 Å². The Balaban J connectivity index is 4.28. The number of amides is 2. The van der Waals surface area contributed by atoms with Crippen molar-refractivity contribution in [3.8, 4) is 0 Å². The van der Waals surface area contributed by atoms with Crippen molar-refractivity contribution in [1.29, 1.82) is 0 Å². The standard InChI is InChI=1S/C16H28N2O3/c1-3-5-6-7-8-10-16(21)18-13(11-12-15(17)20)14(19)9-4-2/h11-13H,3-10H2,1-2H3,(H2,17,20)(H,18,21)/b12-11+. The van der Waals surface area contributed by atoms with Crippen LogP contribution in [0.3, 0.4) is 0 Å². The fraction of sp³-hybridized carbons (Fsp3) is 0.688. The molecule has 1 unspecified atom stereocenters. The highest BCUT2D eigenvalue weighted by molar-refractivity contribution is 5.93. The third-order valence-electron chi connectivity index (χ3n) is 3.12. The first-order valence-electron chi connectivity index (χ1n) is 7.81. The van der Waals surface area contributed by atoms with Crippen LogP contribution in [0.15, 0.2) is 12.2 Å². The molecule has 5 heteroatoms. The summed E-state index contributed by atoms with van der Waals surface area (Å²) >= 11 is 0. The number of nitrogens with two attached hydrogens (primary N) is 1. The van der Waals surface area contributed by atoms with Gasteiger partial charge in [-0.2, -0.15) is 0 Å². The number of carbonyl (C=O) groups excluding carboxylic acids is 3. The zero-order valence-corrected chi connectivity index (χ0v) is 13.2. The molecule has 0 heterocycles. The molecule has 0 aliphatic heterocycles. The highest BCUT2D eigenvalue weighted by Crippen LogP contribution is 2.05. The average Bonchev–Trinajstić information content (AvgIpc) is 2.43. The lowest BCUT2D eigenvalue weighted by Crippen LogP contribution is -2.39. The molecular weight excluding hydrogens is 268 g/mol. The number of nitrogens with one attached hydrogen (secondary N) is 1. The van der Waals surface area contributed by atoms with Crippen LogP contribution < -0.4 is 11.1 Å². The summed E-state index contributed by atoms with van der Waals surface area (Å²) in [6.07, 6.45) is 9.28. The summed E-state index contributed by atoms with van der Waals surface area (Å²) in [4.78, 5) is 34.5. The van der Waals surface area contributed by atoms with Gasteiger partial charge in [-0.1, -0.05) is 39.5 Å². The number of primary amides is 1. The molecular formula is C16H28N2O3. The maximum atomic E-state index is 11.9. The van der Waals surface area contributed by atoms with Crippen LogP contribution in [0.2, 0.25) is 0 Å². The van der Waals surface area contributed by atoms with Crippen molar-refractivity contribution in [2.75, 3.05) is 0 Å². The summed E-state index contributed by atoms with van der Waals surface area (Å²) < 4.78 is 0. The number of ketones is 1. The molecule has 0 fully saturated rings. The molecule has 0 radical (unpaired) electrons. The van der Waals surface area contributed by atoms with E-state index in [1.54, 1.807) is 0 Å². The van der Waals surface area contributed by atoms with Gasteiger partial charge in [-0.25, -0.2) is 0 Å². The van der Waals surface area contributed by atoms with Crippen molar-refractivity contribution < 1.29 is 14.4 Å². The minimum Gasteiger partial charge on any atom is -0.366 e. The Morgan fingerprint density at radius 1 is 1.00 bits per heavy atom. The Bertz CT molecular complexity index is 365. The van der Waals surface area contributed by atoms with Gasteiger partial charge in [-0.15, -0.1) is 0 Å². The van der Waals surface area contributed by atoms with E-state index in [1.807, 2.05) is 6.92 Å². The summed E-state index contributed by atoms with van der Waals surface area (Å²) in [5, 5.41) is 2.66. The van der Waals surface area contributed by atoms with Gasteiger partial charge in [-0.05, 0) is 18.9 Å². The maximum absolute atomic E-state index is 11.9. The smallest absolute Gasteiger partial charge is 0.241 e. The number of Topliss-reactive ketones (excluding diaryl/α,β-unsaturated/α-hetero) is 1. The molecule has 0 aromatic rings. The van der Waals surface area contributed by atoms with Crippen LogP contribution in [0.5, 0.6) is 0 Å². The van der Waals surface area contributed by atoms with Gasteiger partial charge in [0.2, 0.25) is 11.8 Å². The van der Waals surface area contributed by atoms with Gasteiger partial charge >= 0.3 is 0 Å². The van der Waals surface area contributed by atoms with Crippen molar-refractivity contribution in [3.05, 3.63) is 12.2 Å². The van der Waals surface area contributed by atoms with E-state index in [-0.39, 0.29) is 11.7 Å². The fourth-order valence-corrected chi connectivity index (χ4v) is 1.96. The van der Waals surface area contributed by atoms with Crippen molar-refractivity contribution in [1.82, 2.24) is 5.32 Å². The first kappa shape index (κ1) is 19.4. The fourth-order valence-electron chi connectivity index (χ4n) is 1.96. The van der Waals surface area contributed by atoms with Gasteiger partial charge in [0.15, 0.2) is 5.78 Å². The number of hydrogen-bond acceptors (Lipinski definition) is 3. The average molecular weight is 296 g/mol. The first-order valence-corrected chi connectivity index (χ1v) is 7.81. The van der Waals surface area contributed by atoms with Gasteiger partial charge in [0, 0.05) is 18.9 Å². The molecule has 0 aliphatic rings. The van der Waals surface area contributed by atoms with E-state index in [9.17, 15) is 14.4 Å². The molecule has 0 aromatic carbocycles. The topological polar surface area (TPSA) is 89.3 Å². The molecule has 0 aromatic heterocycles. The minimum absolute atomic E-state index is 0.102. The van der Waals surface area contributed by atoms with Crippen molar-refractivity contribution in [2.45, 2.75) is 71.3 Å². The van der Waals surface area contributed by atoms with Gasteiger partial charge in [0.1, 0.15) is 6.04 Å². The van der Waals surface area contributed by atoms with E-state index >= 15 is 0 Å². The molecule has 0 spiro atoms. The molecule has 2 amide bonds. The van der Waals surface area contributed by atoms with Gasteiger partial charge < -0.3 is 11.1 Å². The Kier molecular flexibility index (Phi) is 11.2. The van der Waals surface area contributed by atoms with Crippen molar-refractivity contribution >= 4 is 17.6 Å². The zero-order chi connectivity index (χ0) is 16.1. The Morgan fingerprint density at radius 2 is 1.67 bits per heavy atom. The predicted molar refractivity (Wildman–Crippen MR) is 83.6 cm³/mol. The highest BCUT2D eigenvalue weighted by Gasteiger charge is 2.16. The van der Waals surface area contributed by atoms with E-state index in [4.69, 9.17) is 5.73 Å². The Labute approximate surface area is 127 Å². The van der Waals surface area contributed by atoms with Crippen LogP contribution in [0, 0.1) is 0 Å². The monoisotopic (exact) mass is 296 g/mol. The summed E-state index contributed by atoms with van der Waals surface area (Å²) in [6, 6.07) is -0.749. The van der Waals surface area contributed by atoms with E-state index in [2.05, 4.69) is 12.2 Å². The second-order valence-electron chi connectivity index (χ2n) is 5.19. The minimum atomic E-state index is -0.749. The number of hydrogen-bond donors (Lipinski definition) is 2. The number of carbonyl (C=O) groups is 3. The lowest BCUT2D eigenvalue weighted by atomic mass is 10.1. The quantitative estimate of drug-likeness (QED) is 0.427. The summed E-state index contributed by atoms with van der Waals surface area (Å²) in [7, 11) is 0. The first-order chi connectivity index (χ1) is 10.0. The molecule has 120 valence electrons. The lowest BCUT2D eigenvalue weighted by molar-refractivity contribution is -0.126. The second-order valence-corrected chi connectivity index (χ2v) is 5.19. The molecule has 5 nitrogen and oxygen atoms in total. The Morgan fingerprint density at radius 3 is 2.24 bits per heavy atom.